The van der Waals surface area contributed by atoms with Gasteiger partial charge in [-0.25, -0.2) is 4.98 Å². The van der Waals surface area contributed by atoms with Gasteiger partial charge in [-0.3, -0.25) is 4.79 Å². The second-order valence-electron chi connectivity index (χ2n) is 7.33. The van der Waals surface area contributed by atoms with Crippen LogP contribution in [-0.4, -0.2) is 54.7 Å². The predicted octanol–water partition coefficient (Wildman–Crippen LogP) is 3.35. The van der Waals surface area contributed by atoms with Gasteiger partial charge in [-0.05, 0) is 36.2 Å². The molecule has 1 fully saturated rings. The highest BCUT2D eigenvalue weighted by Crippen LogP contribution is 2.32. The number of aryl methyl sites for hydroxylation is 1. The van der Waals surface area contributed by atoms with Gasteiger partial charge >= 0.3 is 0 Å². The first-order chi connectivity index (χ1) is 14.2. The van der Waals surface area contributed by atoms with Crippen molar-refractivity contribution in [3.8, 4) is 11.5 Å². The van der Waals surface area contributed by atoms with E-state index in [0.717, 1.165) is 30.2 Å². The number of nitrogens with zero attached hydrogens (tertiary/aromatic N) is 3. The summed E-state index contributed by atoms with van der Waals surface area (Å²) in [7, 11) is 0. The summed E-state index contributed by atoms with van der Waals surface area (Å²) >= 11 is 1.73. The van der Waals surface area contributed by atoms with Crippen molar-refractivity contribution in [1.82, 2.24) is 9.88 Å². The van der Waals surface area contributed by atoms with Crippen molar-refractivity contribution in [1.29, 1.82) is 0 Å². The number of thiazole rings is 1. The summed E-state index contributed by atoms with van der Waals surface area (Å²) in [5, 5.41) is 1.03. The Hall–Kier alpha value is -2.80. The molecular weight excluding hydrogens is 386 g/mol. The first-order valence-electron chi connectivity index (χ1n) is 10.0. The number of benzene rings is 2. The zero-order chi connectivity index (χ0) is 19.8. The number of hydrogen-bond donors (Lipinski definition) is 0. The number of para-hydroxylation sites is 2. The monoisotopic (exact) mass is 409 g/mol. The topological polar surface area (TPSA) is 54.9 Å². The van der Waals surface area contributed by atoms with Crippen LogP contribution in [0.1, 0.15) is 12.5 Å². The number of carbonyl (C=O) groups excluding carboxylic acids is 1. The number of anilines is 1. The van der Waals surface area contributed by atoms with Gasteiger partial charge in [0.25, 0.3) is 5.91 Å². The van der Waals surface area contributed by atoms with E-state index in [1.807, 2.05) is 29.2 Å². The minimum absolute atomic E-state index is 0.00367. The van der Waals surface area contributed by atoms with Crippen molar-refractivity contribution in [2.24, 2.45) is 0 Å². The molecule has 1 saturated heterocycles. The Bertz CT molecular complexity index is 1040. The predicted molar refractivity (Wildman–Crippen MR) is 114 cm³/mol. The Morgan fingerprint density at radius 1 is 1.14 bits per heavy atom. The van der Waals surface area contributed by atoms with E-state index in [1.165, 1.54) is 10.3 Å². The average Bonchev–Trinajstić information content (AvgIpc) is 3.21. The van der Waals surface area contributed by atoms with Crippen LogP contribution in [-0.2, 0) is 11.2 Å². The van der Waals surface area contributed by atoms with E-state index >= 15 is 0 Å². The van der Waals surface area contributed by atoms with Gasteiger partial charge in [0.05, 0.1) is 10.2 Å². The molecule has 1 aromatic heterocycles. The zero-order valence-corrected chi connectivity index (χ0v) is 17.2. The summed E-state index contributed by atoms with van der Waals surface area (Å²) in [5.41, 5.74) is 2.38. The smallest absolute Gasteiger partial charge is 0.267 e. The van der Waals surface area contributed by atoms with Crippen molar-refractivity contribution < 1.29 is 14.3 Å². The van der Waals surface area contributed by atoms with Crippen molar-refractivity contribution in [3.05, 3.63) is 48.0 Å². The molecule has 1 amide bonds. The molecule has 1 unspecified atom stereocenters. The first-order valence-corrected chi connectivity index (χ1v) is 10.8. The summed E-state index contributed by atoms with van der Waals surface area (Å²) in [4.78, 5) is 21.8. The van der Waals surface area contributed by atoms with Crippen molar-refractivity contribution in [2.75, 3.05) is 37.7 Å². The lowest BCUT2D eigenvalue weighted by atomic mass is 10.2. The highest BCUT2D eigenvalue weighted by molar-refractivity contribution is 7.22. The van der Waals surface area contributed by atoms with Gasteiger partial charge in [0.2, 0.25) is 6.10 Å². The fourth-order valence-electron chi connectivity index (χ4n) is 3.78. The number of hydrogen-bond acceptors (Lipinski definition) is 6. The maximum absolute atomic E-state index is 12.9. The molecule has 0 spiro atoms. The summed E-state index contributed by atoms with van der Waals surface area (Å²) in [5.74, 6) is 1.33. The van der Waals surface area contributed by atoms with E-state index in [0.29, 0.717) is 24.6 Å². The van der Waals surface area contributed by atoms with Crippen LogP contribution in [0, 0.1) is 0 Å². The van der Waals surface area contributed by atoms with Gasteiger partial charge < -0.3 is 19.3 Å². The first kappa shape index (κ1) is 18.2. The lowest BCUT2D eigenvalue weighted by Crippen LogP contribution is -2.54. The van der Waals surface area contributed by atoms with Crippen molar-refractivity contribution >= 4 is 32.6 Å². The van der Waals surface area contributed by atoms with Gasteiger partial charge in [-0.1, -0.05) is 36.5 Å². The SMILES string of the molecule is CCc1ccc2nc(N3CCN(C(=O)C4COc5ccccc5O4)CC3)sc2c1. The highest BCUT2D eigenvalue weighted by atomic mass is 32.1. The molecular formula is C22H23N3O3S. The number of amides is 1. The van der Waals surface area contributed by atoms with Crippen LogP contribution in [0.15, 0.2) is 42.5 Å². The van der Waals surface area contributed by atoms with Crippen LogP contribution < -0.4 is 14.4 Å². The minimum Gasteiger partial charge on any atom is -0.485 e. The molecule has 0 bridgehead atoms. The van der Waals surface area contributed by atoms with Gasteiger partial charge in [0, 0.05) is 26.2 Å². The van der Waals surface area contributed by atoms with E-state index in [2.05, 4.69) is 30.0 Å². The van der Waals surface area contributed by atoms with Crippen LogP contribution in [0.5, 0.6) is 11.5 Å². The Morgan fingerprint density at radius 3 is 2.72 bits per heavy atom. The molecule has 5 rings (SSSR count). The van der Waals surface area contributed by atoms with Crippen LogP contribution in [0.25, 0.3) is 10.2 Å². The Labute approximate surface area is 173 Å². The molecule has 150 valence electrons. The number of piperazine rings is 1. The summed E-state index contributed by atoms with van der Waals surface area (Å²) in [6, 6.07) is 14.0. The zero-order valence-electron chi connectivity index (χ0n) is 16.3. The molecule has 2 aromatic carbocycles. The molecule has 2 aliphatic rings. The molecule has 3 heterocycles. The molecule has 1 atom stereocenters. The molecule has 0 N–H and O–H groups in total. The van der Waals surface area contributed by atoms with Gasteiger partial charge in [-0.15, -0.1) is 0 Å². The van der Waals surface area contributed by atoms with E-state index in [9.17, 15) is 4.79 Å². The maximum atomic E-state index is 12.9. The second kappa shape index (κ2) is 7.55. The number of aromatic nitrogens is 1. The largest absolute Gasteiger partial charge is 0.485 e. The lowest BCUT2D eigenvalue weighted by Gasteiger charge is -2.37. The summed E-state index contributed by atoms with van der Waals surface area (Å²) in [6.07, 6.45) is 0.452. The normalized spacial score (nSPS) is 18.9. The quantitative estimate of drug-likeness (QED) is 0.664. The Morgan fingerprint density at radius 2 is 1.93 bits per heavy atom. The van der Waals surface area contributed by atoms with Crippen LogP contribution in [0.3, 0.4) is 0 Å². The third kappa shape index (κ3) is 3.51. The van der Waals surface area contributed by atoms with E-state index in [4.69, 9.17) is 14.5 Å². The second-order valence-corrected chi connectivity index (χ2v) is 8.34. The third-order valence-corrected chi connectivity index (χ3v) is 6.57. The minimum atomic E-state index is -0.577. The number of rotatable bonds is 3. The number of fused-ring (bicyclic) bond motifs is 2. The standard InChI is InChI=1S/C22H23N3O3S/c1-2-15-7-8-16-20(13-15)29-22(23-16)25-11-9-24(10-12-25)21(26)19-14-27-17-5-3-4-6-18(17)28-19/h3-8,13,19H,2,9-12,14H2,1H3. The molecule has 7 heteroatoms. The molecule has 3 aromatic rings. The lowest BCUT2D eigenvalue weighted by molar-refractivity contribution is -0.141. The fraction of sp³-hybridized carbons (Fsp3) is 0.364. The van der Waals surface area contributed by atoms with Crippen LogP contribution in [0.4, 0.5) is 5.13 Å². The molecule has 0 saturated carbocycles. The highest BCUT2D eigenvalue weighted by Gasteiger charge is 2.33. The van der Waals surface area contributed by atoms with Gasteiger partial charge in [-0.2, -0.15) is 0 Å². The molecule has 29 heavy (non-hydrogen) atoms. The Kier molecular flexibility index (Phi) is 4.75. The van der Waals surface area contributed by atoms with Crippen LogP contribution >= 0.6 is 11.3 Å². The molecule has 0 aliphatic carbocycles. The van der Waals surface area contributed by atoms with Crippen LogP contribution in [0.2, 0.25) is 0 Å². The number of carbonyl (C=O) groups is 1. The summed E-state index contributed by atoms with van der Waals surface area (Å²) in [6.45, 7) is 5.30. The van der Waals surface area contributed by atoms with Gasteiger partial charge in [0.1, 0.15) is 6.61 Å². The average molecular weight is 410 g/mol. The van der Waals surface area contributed by atoms with E-state index in [-0.39, 0.29) is 12.5 Å². The molecule has 2 aliphatic heterocycles. The van der Waals surface area contributed by atoms with Gasteiger partial charge in [0.15, 0.2) is 16.6 Å². The van der Waals surface area contributed by atoms with E-state index in [1.54, 1.807) is 11.3 Å². The molecule has 6 nitrogen and oxygen atoms in total. The summed E-state index contributed by atoms with van der Waals surface area (Å²) < 4.78 is 12.8. The fourth-order valence-corrected chi connectivity index (χ4v) is 4.86. The maximum Gasteiger partial charge on any atom is 0.267 e. The van der Waals surface area contributed by atoms with Crippen molar-refractivity contribution in [3.63, 3.8) is 0 Å². The van der Waals surface area contributed by atoms with E-state index < -0.39 is 6.10 Å². The Balaban J connectivity index is 1.23. The molecule has 0 radical (unpaired) electrons. The third-order valence-electron chi connectivity index (χ3n) is 5.50. The van der Waals surface area contributed by atoms with Crippen molar-refractivity contribution in [2.45, 2.75) is 19.4 Å². The number of ether oxygens (including phenoxy) is 2.